The monoisotopic (exact) mass is 662 g/mol. The number of unbranched alkanes of at least 4 members (excludes halogenated alkanes) is 22. The number of phosphoric ester groups is 1. The summed E-state index contributed by atoms with van der Waals surface area (Å²) in [5, 5.41) is 0. The zero-order chi connectivity index (χ0) is 33.4. The zero-order valence-electron chi connectivity index (χ0n) is 29.5. The normalized spacial score (nSPS) is 12.5. The quantitative estimate of drug-likeness (QED) is 0.0397. The molecular formula is C36H71O8P. The second kappa shape index (κ2) is 31.6. The predicted molar refractivity (Wildman–Crippen MR) is 184 cm³/mol. The standard InChI is InChI=1S/C36H71O8P/c1-4-5-6-7-8-9-17-21-24-27-30-36(38)44-34(32-43-45(39,40)41)31-42-35(37)29-26-23-20-18-15-13-11-10-12-14-16-19-22-25-28-33(2)3/h33-34H,4-32H2,1-3H3,(H2,39,40,41)/t34-/m1/s1. The van der Waals surface area contributed by atoms with Crippen LogP contribution in [-0.4, -0.2) is 41.0 Å². The van der Waals surface area contributed by atoms with Crippen molar-refractivity contribution in [3.63, 3.8) is 0 Å². The molecule has 0 fully saturated rings. The largest absolute Gasteiger partial charge is 0.469 e. The zero-order valence-corrected chi connectivity index (χ0v) is 30.3. The number of hydrogen-bond donors (Lipinski definition) is 2. The average molecular weight is 663 g/mol. The Bertz CT molecular complexity index is 724. The van der Waals surface area contributed by atoms with Gasteiger partial charge in [0, 0.05) is 12.8 Å². The summed E-state index contributed by atoms with van der Waals surface area (Å²) in [7, 11) is -4.74. The van der Waals surface area contributed by atoms with Gasteiger partial charge < -0.3 is 19.3 Å². The van der Waals surface area contributed by atoms with Crippen molar-refractivity contribution in [2.45, 2.75) is 200 Å². The Morgan fingerprint density at radius 3 is 1.33 bits per heavy atom. The van der Waals surface area contributed by atoms with E-state index in [0.29, 0.717) is 6.42 Å². The van der Waals surface area contributed by atoms with Crippen molar-refractivity contribution in [2.24, 2.45) is 5.92 Å². The fourth-order valence-electron chi connectivity index (χ4n) is 5.50. The fourth-order valence-corrected chi connectivity index (χ4v) is 5.86. The topological polar surface area (TPSA) is 119 Å². The minimum Gasteiger partial charge on any atom is -0.462 e. The van der Waals surface area contributed by atoms with Gasteiger partial charge in [0.1, 0.15) is 6.61 Å². The van der Waals surface area contributed by atoms with Crippen LogP contribution in [0.1, 0.15) is 194 Å². The van der Waals surface area contributed by atoms with Gasteiger partial charge in [-0.05, 0) is 18.8 Å². The molecule has 0 aromatic rings. The van der Waals surface area contributed by atoms with Crippen molar-refractivity contribution in [1.29, 1.82) is 0 Å². The third kappa shape index (κ3) is 35.7. The summed E-state index contributed by atoms with van der Waals surface area (Å²) in [4.78, 5) is 42.6. The summed E-state index contributed by atoms with van der Waals surface area (Å²) in [6, 6.07) is 0. The Balaban J connectivity index is 3.88. The van der Waals surface area contributed by atoms with E-state index in [9.17, 15) is 14.2 Å². The molecule has 8 nitrogen and oxygen atoms in total. The second-order valence-corrected chi connectivity index (χ2v) is 14.6. The molecule has 0 aliphatic rings. The van der Waals surface area contributed by atoms with Gasteiger partial charge >= 0.3 is 19.8 Å². The molecule has 0 aliphatic carbocycles. The number of phosphoric acid groups is 1. The first-order valence-corrected chi connectivity index (χ1v) is 20.2. The molecule has 0 saturated carbocycles. The van der Waals surface area contributed by atoms with Crippen molar-refractivity contribution < 1.29 is 37.9 Å². The number of hydrogen-bond acceptors (Lipinski definition) is 6. The SMILES string of the molecule is CCCCCCCCCCCCC(=O)O[C@H](COC(=O)CCCCCCCCCCCCCCCCC(C)C)COP(=O)(O)O. The van der Waals surface area contributed by atoms with Gasteiger partial charge in [-0.2, -0.15) is 0 Å². The second-order valence-electron chi connectivity index (χ2n) is 13.4. The first-order chi connectivity index (χ1) is 21.6. The van der Waals surface area contributed by atoms with E-state index in [1.807, 2.05) is 0 Å². The summed E-state index contributed by atoms with van der Waals surface area (Å²) in [5.74, 6) is -0.0420. The summed E-state index contributed by atoms with van der Waals surface area (Å²) in [5.41, 5.74) is 0. The number of carbonyl (C=O) groups excluding carboxylic acids is 2. The lowest BCUT2D eigenvalue weighted by Gasteiger charge is -2.18. The van der Waals surface area contributed by atoms with E-state index in [0.717, 1.165) is 44.4 Å². The molecule has 1 atom stereocenters. The molecule has 0 heterocycles. The predicted octanol–water partition coefficient (Wildman–Crippen LogP) is 10.8. The highest BCUT2D eigenvalue weighted by Crippen LogP contribution is 2.36. The van der Waals surface area contributed by atoms with E-state index < -0.39 is 32.5 Å². The molecule has 2 N–H and O–H groups in total. The molecule has 0 radical (unpaired) electrons. The molecule has 0 amide bonds. The van der Waals surface area contributed by atoms with Crippen LogP contribution in [0, 0.1) is 5.92 Å². The van der Waals surface area contributed by atoms with Gasteiger partial charge in [0.15, 0.2) is 6.10 Å². The van der Waals surface area contributed by atoms with E-state index >= 15 is 0 Å². The third-order valence-electron chi connectivity index (χ3n) is 8.30. The van der Waals surface area contributed by atoms with E-state index in [2.05, 4.69) is 25.3 Å². The van der Waals surface area contributed by atoms with Crippen LogP contribution >= 0.6 is 7.82 Å². The number of rotatable bonds is 34. The van der Waals surface area contributed by atoms with Crippen LogP contribution in [0.5, 0.6) is 0 Å². The summed E-state index contributed by atoms with van der Waals surface area (Å²) in [6.45, 7) is 6.01. The van der Waals surface area contributed by atoms with E-state index in [-0.39, 0.29) is 19.4 Å². The average Bonchev–Trinajstić information content (AvgIpc) is 2.98. The van der Waals surface area contributed by atoms with E-state index in [1.54, 1.807) is 0 Å². The smallest absolute Gasteiger partial charge is 0.462 e. The molecule has 0 aliphatic heterocycles. The van der Waals surface area contributed by atoms with Crippen LogP contribution in [0.25, 0.3) is 0 Å². The van der Waals surface area contributed by atoms with Crippen molar-refractivity contribution in [2.75, 3.05) is 13.2 Å². The highest BCUT2D eigenvalue weighted by atomic mass is 31.2. The van der Waals surface area contributed by atoms with Gasteiger partial charge in [-0.15, -0.1) is 0 Å². The summed E-state index contributed by atoms with van der Waals surface area (Å²) in [6.07, 6.45) is 29.7. The van der Waals surface area contributed by atoms with Crippen LogP contribution in [-0.2, 0) is 28.2 Å². The van der Waals surface area contributed by atoms with Crippen LogP contribution in [0.4, 0.5) is 0 Å². The Hall–Kier alpha value is -0.950. The summed E-state index contributed by atoms with van der Waals surface area (Å²) < 4.78 is 26.3. The molecular weight excluding hydrogens is 591 g/mol. The van der Waals surface area contributed by atoms with Gasteiger partial charge in [-0.25, -0.2) is 4.57 Å². The molecule has 0 rings (SSSR count). The first-order valence-electron chi connectivity index (χ1n) is 18.7. The van der Waals surface area contributed by atoms with Crippen molar-refractivity contribution in [3.05, 3.63) is 0 Å². The Morgan fingerprint density at radius 1 is 0.556 bits per heavy atom. The molecule has 0 unspecified atom stereocenters. The minimum absolute atomic E-state index is 0.218. The Labute approximate surface area is 276 Å². The molecule has 0 saturated heterocycles. The number of ether oxygens (including phenoxy) is 2. The van der Waals surface area contributed by atoms with Gasteiger partial charge in [0.25, 0.3) is 0 Å². The van der Waals surface area contributed by atoms with Crippen molar-refractivity contribution in [3.8, 4) is 0 Å². The number of esters is 2. The highest BCUT2D eigenvalue weighted by Gasteiger charge is 2.22. The van der Waals surface area contributed by atoms with Crippen LogP contribution in [0.15, 0.2) is 0 Å². The van der Waals surface area contributed by atoms with Crippen LogP contribution in [0.2, 0.25) is 0 Å². The lowest BCUT2D eigenvalue weighted by Crippen LogP contribution is -2.29. The van der Waals surface area contributed by atoms with Crippen LogP contribution < -0.4 is 0 Å². The van der Waals surface area contributed by atoms with Gasteiger partial charge in [-0.3, -0.25) is 14.1 Å². The third-order valence-corrected chi connectivity index (χ3v) is 8.79. The molecule has 0 aromatic carbocycles. The maximum Gasteiger partial charge on any atom is 0.469 e. The molecule has 268 valence electrons. The lowest BCUT2D eigenvalue weighted by atomic mass is 10.0. The Morgan fingerprint density at radius 2 is 0.933 bits per heavy atom. The van der Waals surface area contributed by atoms with Gasteiger partial charge in [0.05, 0.1) is 6.61 Å². The molecule has 0 bridgehead atoms. The maximum atomic E-state index is 12.3. The minimum atomic E-state index is -4.74. The molecule has 0 aromatic heterocycles. The van der Waals surface area contributed by atoms with Crippen LogP contribution in [0.3, 0.4) is 0 Å². The van der Waals surface area contributed by atoms with Crippen molar-refractivity contribution in [1.82, 2.24) is 0 Å². The van der Waals surface area contributed by atoms with E-state index in [1.165, 1.54) is 116 Å². The van der Waals surface area contributed by atoms with Gasteiger partial charge in [-0.1, -0.05) is 168 Å². The maximum absolute atomic E-state index is 12.3. The molecule has 0 spiro atoms. The fraction of sp³-hybridized carbons (Fsp3) is 0.944. The number of carbonyl (C=O) groups is 2. The van der Waals surface area contributed by atoms with Crippen molar-refractivity contribution >= 4 is 19.8 Å². The van der Waals surface area contributed by atoms with E-state index in [4.69, 9.17) is 19.3 Å². The first kappa shape index (κ1) is 44.0. The molecule has 45 heavy (non-hydrogen) atoms. The van der Waals surface area contributed by atoms with Gasteiger partial charge in [0.2, 0.25) is 0 Å². The lowest BCUT2D eigenvalue weighted by molar-refractivity contribution is -0.161. The summed E-state index contributed by atoms with van der Waals surface area (Å²) >= 11 is 0. The molecule has 9 heteroatoms. The Kier molecular flexibility index (Phi) is 31.0. The highest BCUT2D eigenvalue weighted by molar-refractivity contribution is 7.46.